The fourth-order valence-electron chi connectivity index (χ4n) is 2.70. The Morgan fingerprint density at radius 2 is 1.52 bits per heavy atom. The van der Waals surface area contributed by atoms with Crippen molar-refractivity contribution in [2.45, 2.75) is 13.0 Å². The highest BCUT2D eigenvalue weighted by Crippen LogP contribution is 2.28. The number of halogens is 1. The van der Waals surface area contributed by atoms with Gasteiger partial charge in [0.1, 0.15) is 0 Å². The van der Waals surface area contributed by atoms with Crippen molar-refractivity contribution >= 4 is 26.7 Å². The van der Waals surface area contributed by atoms with Crippen molar-refractivity contribution in [2.24, 2.45) is 0 Å². The van der Waals surface area contributed by atoms with Crippen molar-refractivity contribution in [3.63, 3.8) is 0 Å². The first-order chi connectivity index (χ1) is 10.2. The lowest BCUT2D eigenvalue weighted by atomic mass is 9.96. The third-order valence-electron chi connectivity index (χ3n) is 3.92. The second-order valence-corrected chi connectivity index (χ2v) is 6.19. The van der Waals surface area contributed by atoms with E-state index in [9.17, 15) is 0 Å². The number of hydrogen-bond donors (Lipinski definition) is 1. The molecule has 3 aromatic rings. The third kappa shape index (κ3) is 2.87. The molecule has 0 aliphatic carbocycles. The van der Waals surface area contributed by atoms with Crippen LogP contribution in [0.2, 0.25) is 0 Å². The number of fused-ring (bicyclic) bond motifs is 1. The van der Waals surface area contributed by atoms with Crippen molar-refractivity contribution in [3.05, 3.63) is 81.8 Å². The maximum atomic E-state index is 3.63. The van der Waals surface area contributed by atoms with E-state index in [-0.39, 0.29) is 6.04 Å². The van der Waals surface area contributed by atoms with E-state index in [1.807, 2.05) is 7.05 Å². The van der Waals surface area contributed by atoms with Gasteiger partial charge in [-0.2, -0.15) is 0 Å². The van der Waals surface area contributed by atoms with Gasteiger partial charge in [-0.1, -0.05) is 64.5 Å². The summed E-state index contributed by atoms with van der Waals surface area (Å²) >= 11 is 3.63. The van der Waals surface area contributed by atoms with Gasteiger partial charge in [-0.05, 0) is 53.6 Å². The van der Waals surface area contributed by atoms with Crippen LogP contribution < -0.4 is 5.32 Å². The molecule has 0 fully saturated rings. The van der Waals surface area contributed by atoms with Crippen LogP contribution in [0.1, 0.15) is 22.7 Å². The molecular weight excluding hydrogens is 322 g/mol. The second-order valence-electron chi connectivity index (χ2n) is 5.34. The van der Waals surface area contributed by atoms with Crippen LogP contribution in [0, 0.1) is 6.92 Å². The topological polar surface area (TPSA) is 12.0 Å². The van der Waals surface area contributed by atoms with Crippen LogP contribution in [0.3, 0.4) is 0 Å². The van der Waals surface area contributed by atoms with Crippen LogP contribution in [0.5, 0.6) is 0 Å². The minimum absolute atomic E-state index is 0.200. The van der Waals surface area contributed by atoms with E-state index in [1.165, 1.54) is 27.5 Å². The molecule has 0 aliphatic heterocycles. The van der Waals surface area contributed by atoms with Crippen LogP contribution in [0.4, 0.5) is 0 Å². The molecule has 1 N–H and O–H groups in total. The van der Waals surface area contributed by atoms with Crippen LogP contribution in [-0.2, 0) is 0 Å². The van der Waals surface area contributed by atoms with E-state index in [0.29, 0.717) is 0 Å². The summed E-state index contributed by atoms with van der Waals surface area (Å²) in [4.78, 5) is 0. The molecule has 106 valence electrons. The summed E-state index contributed by atoms with van der Waals surface area (Å²) in [6, 6.07) is 21.9. The minimum Gasteiger partial charge on any atom is -0.309 e. The second kappa shape index (κ2) is 6.00. The summed E-state index contributed by atoms with van der Waals surface area (Å²) < 4.78 is 1.15. The molecule has 1 nitrogen and oxygen atoms in total. The lowest BCUT2D eigenvalue weighted by molar-refractivity contribution is 0.692. The molecule has 0 aliphatic rings. The third-order valence-corrected chi connectivity index (χ3v) is 4.78. The molecule has 3 rings (SSSR count). The van der Waals surface area contributed by atoms with Gasteiger partial charge < -0.3 is 5.32 Å². The molecular formula is C19H18BrN. The summed E-state index contributed by atoms with van der Waals surface area (Å²) in [5, 5.41) is 5.98. The number of aryl methyl sites for hydroxylation is 1. The summed E-state index contributed by atoms with van der Waals surface area (Å²) in [6.07, 6.45) is 0. The SMILES string of the molecule is CNC(c1ccc(C)c(Br)c1)c1ccc2ccccc2c1. The fraction of sp³-hybridized carbons (Fsp3) is 0.158. The Hall–Kier alpha value is -1.64. The summed E-state index contributed by atoms with van der Waals surface area (Å²) in [7, 11) is 2.01. The highest BCUT2D eigenvalue weighted by Gasteiger charge is 2.13. The van der Waals surface area contributed by atoms with Crippen molar-refractivity contribution in [1.29, 1.82) is 0 Å². The lowest BCUT2D eigenvalue weighted by Crippen LogP contribution is -2.17. The van der Waals surface area contributed by atoms with Crippen LogP contribution in [0.25, 0.3) is 10.8 Å². The number of hydrogen-bond acceptors (Lipinski definition) is 1. The van der Waals surface area contributed by atoms with Crippen molar-refractivity contribution in [2.75, 3.05) is 7.05 Å². The zero-order chi connectivity index (χ0) is 14.8. The normalized spacial score (nSPS) is 12.5. The van der Waals surface area contributed by atoms with Gasteiger partial charge in [0, 0.05) is 4.47 Å². The summed E-state index contributed by atoms with van der Waals surface area (Å²) in [5.74, 6) is 0. The summed E-state index contributed by atoms with van der Waals surface area (Å²) in [5.41, 5.74) is 3.81. The molecule has 21 heavy (non-hydrogen) atoms. The van der Waals surface area contributed by atoms with E-state index < -0.39 is 0 Å². The number of rotatable bonds is 3. The molecule has 0 aromatic heterocycles. The Kier molecular flexibility index (Phi) is 4.09. The highest BCUT2D eigenvalue weighted by atomic mass is 79.9. The Balaban J connectivity index is 2.06. The van der Waals surface area contributed by atoms with Gasteiger partial charge >= 0.3 is 0 Å². The molecule has 0 amide bonds. The smallest absolute Gasteiger partial charge is 0.0574 e. The van der Waals surface area contributed by atoms with Gasteiger partial charge in [-0.15, -0.1) is 0 Å². The van der Waals surface area contributed by atoms with Gasteiger partial charge in [0.2, 0.25) is 0 Å². The van der Waals surface area contributed by atoms with Gasteiger partial charge in [-0.3, -0.25) is 0 Å². The van der Waals surface area contributed by atoms with Gasteiger partial charge in [0.25, 0.3) is 0 Å². The zero-order valence-electron chi connectivity index (χ0n) is 12.2. The standard InChI is InChI=1S/C19H18BrN/c1-13-7-8-17(12-18(13)20)19(21-2)16-10-9-14-5-3-4-6-15(14)11-16/h3-12,19,21H,1-2H3. The highest BCUT2D eigenvalue weighted by molar-refractivity contribution is 9.10. The van der Waals surface area contributed by atoms with E-state index in [1.54, 1.807) is 0 Å². The molecule has 0 bridgehead atoms. The first-order valence-corrected chi connectivity index (χ1v) is 7.90. The molecule has 3 aromatic carbocycles. The largest absolute Gasteiger partial charge is 0.309 e. The molecule has 0 saturated heterocycles. The maximum absolute atomic E-state index is 3.63. The Morgan fingerprint density at radius 3 is 2.24 bits per heavy atom. The Morgan fingerprint density at radius 1 is 0.857 bits per heavy atom. The average molecular weight is 340 g/mol. The minimum atomic E-state index is 0.200. The van der Waals surface area contributed by atoms with E-state index in [0.717, 1.165) is 4.47 Å². The van der Waals surface area contributed by atoms with Crippen LogP contribution in [0.15, 0.2) is 65.1 Å². The lowest BCUT2D eigenvalue weighted by Gasteiger charge is -2.18. The predicted molar refractivity (Wildman–Crippen MR) is 93.7 cm³/mol. The predicted octanol–water partition coefficient (Wildman–Crippen LogP) is 5.22. The van der Waals surface area contributed by atoms with Crippen LogP contribution >= 0.6 is 15.9 Å². The first-order valence-electron chi connectivity index (χ1n) is 7.11. The van der Waals surface area contributed by atoms with E-state index >= 15 is 0 Å². The average Bonchev–Trinajstić information content (AvgIpc) is 2.51. The Bertz CT molecular complexity index is 779. The van der Waals surface area contributed by atoms with Crippen molar-refractivity contribution < 1.29 is 0 Å². The molecule has 1 atom stereocenters. The molecule has 0 radical (unpaired) electrons. The van der Waals surface area contributed by atoms with Crippen LogP contribution in [-0.4, -0.2) is 7.05 Å². The molecule has 0 heterocycles. The first kappa shape index (κ1) is 14.3. The van der Waals surface area contributed by atoms with Crippen molar-refractivity contribution in [3.8, 4) is 0 Å². The van der Waals surface area contributed by atoms with E-state index in [2.05, 4.69) is 88.8 Å². The molecule has 0 spiro atoms. The van der Waals surface area contributed by atoms with Crippen molar-refractivity contribution in [1.82, 2.24) is 5.32 Å². The van der Waals surface area contributed by atoms with Gasteiger partial charge in [-0.25, -0.2) is 0 Å². The monoisotopic (exact) mass is 339 g/mol. The number of benzene rings is 3. The van der Waals surface area contributed by atoms with E-state index in [4.69, 9.17) is 0 Å². The summed E-state index contributed by atoms with van der Waals surface area (Å²) in [6.45, 7) is 2.11. The van der Waals surface area contributed by atoms with Gasteiger partial charge in [0.15, 0.2) is 0 Å². The number of nitrogens with one attached hydrogen (secondary N) is 1. The quantitative estimate of drug-likeness (QED) is 0.689. The molecule has 2 heteroatoms. The molecule has 0 saturated carbocycles. The molecule has 1 unspecified atom stereocenters. The Labute approximate surface area is 134 Å². The maximum Gasteiger partial charge on any atom is 0.0574 e. The fourth-order valence-corrected chi connectivity index (χ4v) is 3.10. The van der Waals surface area contributed by atoms with Gasteiger partial charge in [0.05, 0.1) is 6.04 Å². The zero-order valence-corrected chi connectivity index (χ0v) is 13.8.